The van der Waals surface area contributed by atoms with Gasteiger partial charge < -0.3 is 10.6 Å². The van der Waals surface area contributed by atoms with Gasteiger partial charge in [-0.05, 0) is 31.4 Å². The number of urea groups is 1. The van der Waals surface area contributed by atoms with Crippen LogP contribution in [0.2, 0.25) is 0 Å². The Hall–Kier alpha value is -2.61. The van der Waals surface area contributed by atoms with Crippen molar-refractivity contribution in [2.45, 2.75) is 44.8 Å². The van der Waals surface area contributed by atoms with Gasteiger partial charge >= 0.3 is 11.7 Å². The molecule has 2 aliphatic heterocycles. The molecule has 3 heterocycles. The van der Waals surface area contributed by atoms with Gasteiger partial charge in [-0.25, -0.2) is 14.3 Å². The number of aryl methyl sites for hydroxylation is 1. The minimum Gasteiger partial charge on any atom is -0.334 e. The van der Waals surface area contributed by atoms with Crippen molar-refractivity contribution in [1.29, 1.82) is 0 Å². The van der Waals surface area contributed by atoms with Crippen LogP contribution in [0, 0.1) is 0 Å². The van der Waals surface area contributed by atoms with Crippen molar-refractivity contribution in [2.75, 3.05) is 25.0 Å². The number of aromatic nitrogens is 3. The van der Waals surface area contributed by atoms with Gasteiger partial charge in [-0.2, -0.15) is 5.10 Å². The van der Waals surface area contributed by atoms with Crippen molar-refractivity contribution >= 4 is 11.7 Å². The molecule has 0 spiro atoms. The highest BCUT2D eigenvalue weighted by atomic mass is 16.2. The Morgan fingerprint density at radius 1 is 1.15 bits per heavy atom. The average Bonchev–Trinajstić information content (AvgIpc) is 3.25. The predicted octanol–water partition coefficient (Wildman–Crippen LogP) is 1.28. The van der Waals surface area contributed by atoms with E-state index < -0.39 is 0 Å². The van der Waals surface area contributed by atoms with Crippen LogP contribution in [0.4, 0.5) is 10.5 Å². The number of amides is 2. The van der Waals surface area contributed by atoms with Gasteiger partial charge in [-0.1, -0.05) is 18.2 Å². The number of carbonyl (C=O) groups excluding carboxylic acids is 1. The van der Waals surface area contributed by atoms with Crippen molar-refractivity contribution in [3.8, 4) is 0 Å². The molecule has 0 bridgehead atoms. The second kappa shape index (κ2) is 7.96. The molecular formula is C19H26N6O2. The summed E-state index contributed by atoms with van der Waals surface area (Å²) in [6.45, 7) is 3.88. The van der Waals surface area contributed by atoms with Gasteiger partial charge in [0.05, 0.1) is 6.54 Å². The normalized spacial score (nSPS) is 19.6. The molecule has 144 valence electrons. The Bertz CT molecular complexity index is 844. The molecule has 27 heavy (non-hydrogen) atoms. The van der Waals surface area contributed by atoms with E-state index in [9.17, 15) is 9.59 Å². The molecule has 1 unspecified atom stereocenters. The first-order chi connectivity index (χ1) is 13.2. The van der Waals surface area contributed by atoms with Crippen LogP contribution in [0.25, 0.3) is 0 Å². The van der Waals surface area contributed by atoms with Crippen LogP contribution in [-0.4, -0.2) is 51.0 Å². The molecule has 0 aliphatic carbocycles. The van der Waals surface area contributed by atoms with E-state index >= 15 is 0 Å². The van der Waals surface area contributed by atoms with Crippen LogP contribution in [0.15, 0.2) is 35.1 Å². The molecule has 0 saturated carbocycles. The first-order valence-electron chi connectivity index (χ1n) is 9.70. The topological polar surface area (TPSA) is 84.2 Å². The molecule has 2 aliphatic rings. The van der Waals surface area contributed by atoms with E-state index in [4.69, 9.17) is 0 Å². The molecule has 8 heteroatoms. The zero-order chi connectivity index (χ0) is 18.6. The maximum atomic E-state index is 12.4. The Kier molecular flexibility index (Phi) is 5.24. The van der Waals surface area contributed by atoms with Crippen LogP contribution in [0.5, 0.6) is 0 Å². The Labute approximate surface area is 158 Å². The van der Waals surface area contributed by atoms with Gasteiger partial charge in [0.2, 0.25) is 0 Å². The third-order valence-corrected chi connectivity index (χ3v) is 5.30. The summed E-state index contributed by atoms with van der Waals surface area (Å²) >= 11 is 0. The highest BCUT2D eigenvalue weighted by Crippen LogP contribution is 2.12. The van der Waals surface area contributed by atoms with E-state index in [1.165, 1.54) is 0 Å². The molecule has 0 radical (unpaired) electrons. The number of hydrogen-bond acceptors (Lipinski definition) is 4. The fraction of sp³-hybridized carbons (Fsp3) is 0.526. The summed E-state index contributed by atoms with van der Waals surface area (Å²) in [5.74, 6) is 0.921. The molecule has 1 fully saturated rings. The van der Waals surface area contributed by atoms with Crippen LogP contribution >= 0.6 is 0 Å². The smallest absolute Gasteiger partial charge is 0.334 e. The number of hydrogen-bond donors (Lipinski definition) is 2. The SMILES string of the molecule is O=C(Nc1ccccc1)NC1CCN(CCn2nc3n(c2=O)CCCC3)C1. The number of anilines is 1. The summed E-state index contributed by atoms with van der Waals surface area (Å²) in [5, 5.41) is 10.4. The largest absolute Gasteiger partial charge is 0.345 e. The first kappa shape index (κ1) is 17.8. The fourth-order valence-electron chi connectivity index (χ4n) is 3.86. The molecule has 8 nitrogen and oxygen atoms in total. The lowest BCUT2D eigenvalue weighted by molar-refractivity contribution is 0.247. The second-order valence-corrected chi connectivity index (χ2v) is 7.28. The van der Waals surface area contributed by atoms with Crippen molar-refractivity contribution in [2.24, 2.45) is 0 Å². The molecule has 4 rings (SSSR count). The van der Waals surface area contributed by atoms with E-state index in [0.29, 0.717) is 6.54 Å². The van der Waals surface area contributed by atoms with E-state index in [-0.39, 0.29) is 17.8 Å². The first-order valence-corrected chi connectivity index (χ1v) is 9.70. The molecule has 2 N–H and O–H groups in total. The third-order valence-electron chi connectivity index (χ3n) is 5.30. The number of rotatable bonds is 5. The molecule has 1 saturated heterocycles. The Morgan fingerprint density at radius 2 is 2.00 bits per heavy atom. The van der Waals surface area contributed by atoms with Crippen LogP contribution in [0.1, 0.15) is 25.1 Å². The van der Waals surface area contributed by atoms with Gasteiger partial charge in [0, 0.05) is 44.3 Å². The quantitative estimate of drug-likeness (QED) is 0.830. The Balaban J connectivity index is 1.25. The van der Waals surface area contributed by atoms with Crippen molar-refractivity contribution in [3.63, 3.8) is 0 Å². The summed E-state index contributed by atoms with van der Waals surface area (Å²) < 4.78 is 3.41. The summed E-state index contributed by atoms with van der Waals surface area (Å²) in [6.07, 6.45) is 3.98. The monoisotopic (exact) mass is 370 g/mol. The van der Waals surface area contributed by atoms with E-state index in [1.54, 1.807) is 4.68 Å². The molecular weight excluding hydrogens is 344 g/mol. The van der Waals surface area contributed by atoms with E-state index in [2.05, 4.69) is 20.6 Å². The molecule has 2 aromatic rings. The van der Waals surface area contributed by atoms with Crippen LogP contribution in [-0.2, 0) is 19.5 Å². The summed E-state index contributed by atoms with van der Waals surface area (Å²) in [7, 11) is 0. The third kappa shape index (κ3) is 4.21. The highest BCUT2D eigenvalue weighted by Gasteiger charge is 2.24. The van der Waals surface area contributed by atoms with Gasteiger partial charge in [-0.15, -0.1) is 0 Å². The van der Waals surface area contributed by atoms with Crippen molar-refractivity contribution < 1.29 is 4.79 Å². The number of para-hydroxylation sites is 1. The summed E-state index contributed by atoms with van der Waals surface area (Å²) in [4.78, 5) is 26.8. The van der Waals surface area contributed by atoms with Gasteiger partial charge in [0.25, 0.3) is 0 Å². The average molecular weight is 370 g/mol. The van der Waals surface area contributed by atoms with Crippen LogP contribution in [0.3, 0.4) is 0 Å². The molecule has 1 aromatic carbocycles. The van der Waals surface area contributed by atoms with Gasteiger partial charge in [-0.3, -0.25) is 9.47 Å². The standard InChI is InChI=1S/C19H26N6O2/c26-18(20-15-6-2-1-3-7-15)21-16-9-11-23(14-16)12-13-25-19(27)24-10-5-4-8-17(24)22-25/h1-3,6-7,16H,4-5,8-14H2,(H2,20,21,26). The minimum atomic E-state index is -0.175. The number of likely N-dealkylation sites (tertiary alicyclic amines) is 1. The molecule has 1 atom stereocenters. The summed E-state index contributed by atoms with van der Waals surface area (Å²) in [5.41, 5.74) is 0.800. The van der Waals surface area contributed by atoms with Gasteiger partial charge in [0.15, 0.2) is 0 Å². The minimum absolute atomic E-state index is 0.0146. The lowest BCUT2D eigenvalue weighted by Gasteiger charge is -2.16. The van der Waals surface area contributed by atoms with Gasteiger partial charge in [0.1, 0.15) is 5.82 Å². The lowest BCUT2D eigenvalue weighted by atomic mass is 10.2. The number of fused-ring (bicyclic) bond motifs is 1. The maximum Gasteiger partial charge on any atom is 0.345 e. The Morgan fingerprint density at radius 3 is 2.81 bits per heavy atom. The number of nitrogens with one attached hydrogen (secondary N) is 2. The maximum absolute atomic E-state index is 12.4. The molecule has 2 amide bonds. The number of benzene rings is 1. The second-order valence-electron chi connectivity index (χ2n) is 7.28. The lowest BCUT2D eigenvalue weighted by Crippen LogP contribution is -2.40. The van der Waals surface area contributed by atoms with E-state index in [0.717, 1.165) is 63.4 Å². The van der Waals surface area contributed by atoms with E-state index in [1.807, 2.05) is 34.9 Å². The fourth-order valence-corrected chi connectivity index (χ4v) is 3.86. The van der Waals surface area contributed by atoms with Crippen molar-refractivity contribution in [3.05, 3.63) is 46.6 Å². The summed E-state index contributed by atoms with van der Waals surface area (Å²) in [6, 6.07) is 9.38. The number of carbonyl (C=O) groups is 1. The molecule has 1 aromatic heterocycles. The highest BCUT2D eigenvalue weighted by molar-refractivity contribution is 5.89. The predicted molar refractivity (Wildman–Crippen MR) is 103 cm³/mol. The van der Waals surface area contributed by atoms with Crippen LogP contribution < -0.4 is 16.3 Å². The zero-order valence-corrected chi connectivity index (χ0v) is 15.4. The zero-order valence-electron chi connectivity index (χ0n) is 15.4. The number of nitrogens with zero attached hydrogens (tertiary/aromatic N) is 4. The van der Waals surface area contributed by atoms with Crippen molar-refractivity contribution in [1.82, 2.24) is 24.6 Å².